The standard InChI is InChI=1S/C18H30N2/c1-4-11-19-18-9-12-20(13-10-18)14-16-5-7-17(8-6-16)15(2)3/h5-8,15,18-19H,4,9-14H2,1-3H3. The average Bonchev–Trinajstić information content (AvgIpc) is 2.47. The molecule has 1 aliphatic heterocycles. The van der Waals surface area contributed by atoms with Crippen molar-refractivity contribution in [1.82, 2.24) is 10.2 Å². The molecule has 0 aliphatic carbocycles. The van der Waals surface area contributed by atoms with Gasteiger partial charge in [-0.2, -0.15) is 0 Å². The molecule has 2 heteroatoms. The van der Waals surface area contributed by atoms with Gasteiger partial charge in [0.15, 0.2) is 0 Å². The smallest absolute Gasteiger partial charge is 0.0233 e. The number of benzene rings is 1. The maximum absolute atomic E-state index is 3.65. The highest BCUT2D eigenvalue weighted by atomic mass is 15.1. The summed E-state index contributed by atoms with van der Waals surface area (Å²) in [5, 5.41) is 3.65. The van der Waals surface area contributed by atoms with Crippen molar-refractivity contribution in [3.05, 3.63) is 35.4 Å². The predicted molar refractivity (Wildman–Crippen MR) is 87.1 cm³/mol. The molecule has 0 aromatic heterocycles. The summed E-state index contributed by atoms with van der Waals surface area (Å²) in [4.78, 5) is 2.59. The molecule has 1 fully saturated rings. The molecule has 1 aromatic rings. The molecule has 0 atom stereocenters. The van der Waals surface area contributed by atoms with E-state index in [2.05, 4.69) is 55.3 Å². The van der Waals surface area contributed by atoms with E-state index in [1.807, 2.05) is 0 Å². The molecule has 20 heavy (non-hydrogen) atoms. The number of nitrogens with one attached hydrogen (secondary N) is 1. The summed E-state index contributed by atoms with van der Waals surface area (Å²) in [7, 11) is 0. The van der Waals surface area contributed by atoms with E-state index in [1.54, 1.807) is 0 Å². The van der Waals surface area contributed by atoms with E-state index in [0.717, 1.165) is 12.6 Å². The van der Waals surface area contributed by atoms with Gasteiger partial charge in [-0.3, -0.25) is 4.90 Å². The van der Waals surface area contributed by atoms with E-state index < -0.39 is 0 Å². The van der Waals surface area contributed by atoms with Crippen LogP contribution in [0.1, 0.15) is 57.1 Å². The fraction of sp³-hybridized carbons (Fsp3) is 0.667. The van der Waals surface area contributed by atoms with Gasteiger partial charge < -0.3 is 5.32 Å². The minimum Gasteiger partial charge on any atom is -0.314 e. The zero-order valence-electron chi connectivity index (χ0n) is 13.4. The topological polar surface area (TPSA) is 15.3 Å². The second-order valence-electron chi connectivity index (χ2n) is 6.40. The Balaban J connectivity index is 1.77. The predicted octanol–water partition coefficient (Wildman–Crippen LogP) is 3.77. The SMILES string of the molecule is CCCNC1CCN(Cc2ccc(C(C)C)cc2)CC1. The minimum absolute atomic E-state index is 0.629. The lowest BCUT2D eigenvalue weighted by molar-refractivity contribution is 0.191. The van der Waals surface area contributed by atoms with Crippen LogP contribution in [0, 0.1) is 0 Å². The van der Waals surface area contributed by atoms with Crippen LogP contribution in [-0.2, 0) is 6.54 Å². The van der Waals surface area contributed by atoms with Crippen LogP contribution in [0.3, 0.4) is 0 Å². The van der Waals surface area contributed by atoms with Gasteiger partial charge in [0.25, 0.3) is 0 Å². The molecule has 1 saturated heterocycles. The van der Waals surface area contributed by atoms with Gasteiger partial charge in [-0.25, -0.2) is 0 Å². The fourth-order valence-electron chi connectivity index (χ4n) is 2.91. The minimum atomic E-state index is 0.629. The first kappa shape index (κ1) is 15.5. The van der Waals surface area contributed by atoms with Crippen LogP contribution in [0.4, 0.5) is 0 Å². The highest BCUT2D eigenvalue weighted by Crippen LogP contribution is 2.17. The van der Waals surface area contributed by atoms with Gasteiger partial charge in [0.1, 0.15) is 0 Å². The maximum atomic E-state index is 3.65. The number of hydrogen-bond donors (Lipinski definition) is 1. The molecule has 2 rings (SSSR count). The normalized spacial score (nSPS) is 17.8. The van der Waals surface area contributed by atoms with E-state index in [4.69, 9.17) is 0 Å². The van der Waals surface area contributed by atoms with Gasteiger partial charge in [-0.1, -0.05) is 45.0 Å². The van der Waals surface area contributed by atoms with Crippen molar-refractivity contribution in [1.29, 1.82) is 0 Å². The van der Waals surface area contributed by atoms with Crippen LogP contribution < -0.4 is 5.32 Å². The molecule has 1 heterocycles. The van der Waals surface area contributed by atoms with E-state index in [0.29, 0.717) is 5.92 Å². The highest BCUT2D eigenvalue weighted by molar-refractivity contribution is 5.24. The molecular weight excluding hydrogens is 244 g/mol. The molecule has 0 bridgehead atoms. The van der Waals surface area contributed by atoms with Crippen molar-refractivity contribution in [2.24, 2.45) is 0 Å². The van der Waals surface area contributed by atoms with E-state index in [-0.39, 0.29) is 0 Å². The highest BCUT2D eigenvalue weighted by Gasteiger charge is 2.18. The molecular formula is C18H30N2. The van der Waals surface area contributed by atoms with Crippen LogP contribution in [0.15, 0.2) is 24.3 Å². The maximum Gasteiger partial charge on any atom is 0.0233 e. The fourth-order valence-corrected chi connectivity index (χ4v) is 2.91. The Bertz CT molecular complexity index is 375. The first-order chi connectivity index (χ1) is 9.69. The lowest BCUT2D eigenvalue weighted by Gasteiger charge is -2.32. The molecule has 1 aromatic carbocycles. The zero-order chi connectivity index (χ0) is 14.4. The number of hydrogen-bond acceptors (Lipinski definition) is 2. The molecule has 0 saturated carbocycles. The van der Waals surface area contributed by atoms with Crippen LogP contribution in [0.5, 0.6) is 0 Å². The van der Waals surface area contributed by atoms with Gasteiger partial charge >= 0.3 is 0 Å². The Morgan fingerprint density at radius 1 is 1.15 bits per heavy atom. The Morgan fingerprint density at radius 3 is 2.35 bits per heavy atom. The Labute approximate surface area is 124 Å². The lowest BCUT2D eigenvalue weighted by Crippen LogP contribution is -2.42. The summed E-state index contributed by atoms with van der Waals surface area (Å²) in [5.74, 6) is 0.629. The van der Waals surface area contributed by atoms with Crippen molar-refractivity contribution in [2.45, 2.75) is 58.5 Å². The molecule has 0 unspecified atom stereocenters. The third-order valence-corrected chi connectivity index (χ3v) is 4.32. The molecule has 112 valence electrons. The largest absolute Gasteiger partial charge is 0.314 e. The van der Waals surface area contributed by atoms with E-state index in [1.165, 1.54) is 50.0 Å². The van der Waals surface area contributed by atoms with Crippen LogP contribution in [-0.4, -0.2) is 30.6 Å². The quantitative estimate of drug-likeness (QED) is 0.849. The van der Waals surface area contributed by atoms with E-state index in [9.17, 15) is 0 Å². The second kappa shape index (κ2) is 7.80. The summed E-state index contributed by atoms with van der Waals surface area (Å²) in [5.41, 5.74) is 2.89. The summed E-state index contributed by atoms with van der Waals surface area (Å²) < 4.78 is 0. The summed E-state index contributed by atoms with van der Waals surface area (Å²) in [6.45, 7) is 11.5. The van der Waals surface area contributed by atoms with Gasteiger partial charge in [-0.05, 0) is 55.9 Å². The van der Waals surface area contributed by atoms with Crippen molar-refractivity contribution in [3.63, 3.8) is 0 Å². The number of piperidine rings is 1. The third-order valence-electron chi connectivity index (χ3n) is 4.32. The van der Waals surface area contributed by atoms with Crippen LogP contribution in [0.2, 0.25) is 0 Å². The Hall–Kier alpha value is -0.860. The molecule has 1 N–H and O–H groups in total. The van der Waals surface area contributed by atoms with Crippen LogP contribution in [0.25, 0.3) is 0 Å². The van der Waals surface area contributed by atoms with Gasteiger partial charge in [0, 0.05) is 12.6 Å². The first-order valence-corrected chi connectivity index (χ1v) is 8.23. The van der Waals surface area contributed by atoms with Crippen molar-refractivity contribution in [2.75, 3.05) is 19.6 Å². The van der Waals surface area contributed by atoms with Crippen molar-refractivity contribution < 1.29 is 0 Å². The van der Waals surface area contributed by atoms with Crippen molar-refractivity contribution >= 4 is 0 Å². The average molecular weight is 274 g/mol. The summed E-state index contributed by atoms with van der Waals surface area (Å²) in [6.07, 6.45) is 3.83. The first-order valence-electron chi connectivity index (χ1n) is 8.23. The lowest BCUT2D eigenvalue weighted by atomic mass is 10.0. The summed E-state index contributed by atoms with van der Waals surface area (Å²) >= 11 is 0. The Morgan fingerprint density at radius 2 is 1.80 bits per heavy atom. The number of likely N-dealkylation sites (tertiary alicyclic amines) is 1. The van der Waals surface area contributed by atoms with Gasteiger partial charge in [-0.15, -0.1) is 0 Å². The third kappa shape index (κ3) is 4.60. The van der Waals surface area contributed by atoms with Gasteiger partial charge in [0.2, 0.25) is 0 Å². The van der Waals surface area contributed by atoms with Crippen molar-refractivity contribution in [3.8, 4) is 0 Å². The second-order valence-corrected chi connectivity index (χ2v) is 6.40. The van der Waals surface area contributed by atoms with Crippen LogP contribution >= 0.6 is 0 Å². The molecule has 2 nitrogen and oxygen atoms in total. The molecule has 0 radical (unpaired) electrons. The Kier molecular flexibility index (Phi) is 6.06. The number of rotatable bonds is 6. The zero-order valence-corrected chi connectivity index (χ0v) is 13.4. The molecule has 1 aliphatic rings. The molecule has 0 amide bonds. The number of nitrogens with zero attached hydrogens (tertiary/aromatic N) is 1. The summed E-state index contributed by atoms with van der Waals surface area (Å²) in [6, 6.07) is 9.92. The van der Waals surface area contributed by atoms with Gasteiger partial charge in [0.05, 0.1) is 0 Å². The van der Waals surface area contributed by atoms with E-state index >= 15 is 0 Å². The monoisotopic (exact) mass is 274 g/mol. The molecule has 0 spiro atoms.